The number of nitrogens with one attached hydrogen (secondary N) is 1. The third-order valence-corrected chi connectivity index (χ3v) is 3.14. The summed E-state index contributed by atoms with van der Waals surface area (Å²) in [5.41, 5.74) is 0.156. The Hall–Kier alpha value is -1.33. The molecule has 106 valence electrons. The molecule has 0 aliphatic rings. The molecule has 1 aromatic carbocycles. The van der Waals surface area contributed by atoms with Gasteiger partial charge in [0.25, 0.3) is 5.69 Å². The Morgan fingerprint density at radius 3 is 2.68 bits per heavy atom. The van der Waals surface area contributed by atoms with E-state index in [2.05, 4.69) is 5.32 Å². The normalized spacial score (nSPS) is 13.1. The minimum atomic E-state index is -0.424. The average molecular weight is 287 g/mol. The number of halogens is 1. The van der Waals surface area contributed by atoms with Gasteiger partial charge in [0.15, 0.2) is 0 Å². The predicted octanol–water partition coefficient (Wildman–Crippen LogP) is 3.86. The van der Waals surface area contributed by atoms with Crippen molar-refractivity contribution in [1.29, 1.82) is 0 Å². The molecule has 0 saturated heterocycles. The number of hydrogen-bond donors (Lipinski definition) is 1. The monoisotopic (exact) mass is 286 g/mol. The molecule has 1 unspecified atom stereocenters. The highest BCUT2D eigenvalue weighted by molar-refractivity contribution is 6.31. The zero-order valence-corrected chi connectivity index (χ0v) is 12.3. The lowest BCUT2D eigenvalue weighted by Gasteiger charge is -2.27. The Morgan fingerprint density at radius 1 is 1.53 bits per heavy atom. The minimum absolute atomic E-state index is 0.0199. The number of methoxy groups -OCH3 is 1. The maximum absolute atomic E-state index is 11.0. The molecule has 0 aromatic heterocycles. The Balaban J connectivity index is 2.87. The quantitative estimate of drug-likeness (QED) is 0.637. The molecule has 1 N–H and O–H groups in total. The SMILES string of the molecule is COC(C)(C)CC(C)Nc1cc(Cl)ccc1[N+](=O)[O-]. The second kappa shape index (κ2) is 6.21. The summed E-state index contributed by atoms with van der Waals surface area (Å²) < 4.78 is 5.35. The number of nitrogens with zero attached hydrogens (tertiary/aromatic N) is 1. The van der Waals surface area contributed by atoms with Crippen LogP contribution in [0.25, 0.3) is 0 Å². The van der Waals surface area contributed by atoms with Crippen LogP contribution >= 0.6 is 11.6 Å². The summed E-state index contributed by atoms with van der Waals surface area (Å²) in [6.45, 7) is 5.89. The number of anilines is 1. The molecular formula is C13H19ClN2O3. The summed E-state index contributed by atoms with van der Waals surface area (Å²) in [5.74, 6) is 0. The molecule has 1 aromatic rings. The number of ether oxygens (including phenoxy) is 1. The van der Waals surface area contributed by atoms with Gasteiger partial charge >= 0.3 is 0 Å². The first kappa shape index (κ1) is 15.7. The maximum atomic E-state index is 11.0. The molecule has 1 atom stereocenters. The van der Waals surface area contributed by atoms with Gasteiger partial charge in [0, 0.05) is 24.2 Å². The van der Waals surface area contributed by atoms with Crippen molar-refractivity contribution in [3.63, 3.8) is 0 Å². The van der Waals surface area contributed by atoms with E-state index in [9.17, 15) is 10.1 Å². The van der Waals surface area contributed by atoms with Crippen molar-refractivity contribution in [1.82, 2.24) is 0 Å². The topological polar surface area (TPSA) is 64.4 Å². The molecule has 0 fully saturated rings. The van der Waals surface area contributed by atoms with Crippen molar-refractivity contribution in [2.45, 2.75) is 38.8 Å². The molecule has 19 heavy (non-hydrogen) atoms. The fourth-order valence-electron chi connectivity index (χ4n) is 1.92. The van der Waals surface area contributed by atoms with Crippen LogP contribution in [-0.4, -0.2) is 23.7 Å². The molecule has 1 rings (SSSR count). The summed E-state index contributed by atoms with van der Waals surface area (Å²) in [5, 5.41) is 14.5. The molecule has 0 aliphatic carbocycles. The molecule has 0 amide bonds. The Bertz CT molecular complexity index is 463. The van der Waals surface area contributed by atoms with Crippen LogP contribution in [-0.2, 0) is 4.74 Å². The van der Waals surface area contributed by atoms with Crippen LogP contribution in [0.4, 0.5) is 11.4 Å². The van der Waals surface area contributed by atoms with Gasteiger partial charge in [-0.05, 0) is 39.3 Å². The van der Waals surface area contributed by atoms with Crippen molar-refractivity contribution in [3.8, 4) is 0 Å². The number of hydrogen-bond acceptors (Lipinski definition) is 4. The first-order chi connectivity index (χ1) is 8.75. The lowest BCUT2D eigenvalue weighted by molar-refractivity contribution is -0.384. The maximum Gasteiger partial charge on any atom is 0.292 e. The lowest BCUT2D eigenvalue weighted by Crippen LogP contribution is -2.31. The number of nitro groups is 1. The lowest BCUT2D eigenvalue weighted by atomic mass is 9.99. The van der Waals surface area contributed by atoms with Crippen molar-refractivity contribution < 1.29 is 9.66 Å². The van der Waals surface area contributed by atoms with Gasteiger partial charge in [-0.25, -0.2) is 0 Å². The van der Waals surface area contributed by atoms with Gasteiger partial charge in [0.05, 0.1) is 10.5 Å². The third kappa shape index (κ3) is 4.69. The van der Waals surface area contributed by atoms with Crippen LogP contribution in [0.2, 0.25) is 5.02 Å². The molecule has 0 saturated carbocycles. The molecule has 5 nitrogen and oxygen atoms in total. The predicted molar refractivity (Wildman–Crippen MR) is 76.9 cm³/mol. The van der Waals surface area contributed by atoms with Gasteiger partial charge in [-0.1, -0.05) is 11.6 Å². The molecule has 6 heteroatoms. The van der Waals surface area contributed by atoms with Crippen molar-refractivity contribution in [2.75, 3.05) is 12.4 Å². The van der Waals surface area contributed by atoms with Crippen molar-refractivity contribution in [2.24, 2.45) is 0 Å². The fraction of sp³-hybridized carbons (Fsp3) is 0.538. The molecule has 0 radical (unpaired) electrons. The van der Waals surface area contributed by atoms with E-state index in [1.165, 1.54) is 12.1 Å². The van der Waals surface area contributed by atoms with Gasteiger partial charge in [-0.2, -0.15) is 0 Å². The first-order valence-electron chi connectivity index (χ1n) is 6.01. The van der Waals surface area contributed by atoms with Gasteiger partial charge in [-0.15, -0.1) is 0 Å². The Labute approximate surface area is 118 Å². The number of benzene rings is 1. The highest BCUT2D eigenvalue weighted by Gasteiger charge is 2.22. The van der Waals surface area contributed by atoms with E-state index >= 15 is 0 Å². The summed E-state index contributed by atoms with van der Waals surface area (Å²) in [6.07, 6.45) is 0.715. The number of nitro benzene ring substituents is 1. The van der Waals surface area contributed by atoms with Gasteiger partial charge in [0.1, 0.15) is 5.69 Å². The van der Waals surface area contributed by atoms with Crippen molar-refractivity contribution in [3.05, 3.63) is 33.3 Å². The summed E-state index contributed by atoms with van der Waals surface area (Å²) in [6, 6.07) is 4.50. The van der Waals surface area contributed by atoms with E-state index in [0.717, 1.165) is 0 Å². The summed E-state index contributed by atoms with van der Waals surface area (Å²) in [7, 11) is 1.65. The van der Waals surface area contributed by atoms with E-state index in [1.54, 1.807) is 13.2 Å². The third-order valence-electron chi connectivity index (χ3n) is 2.91. The van der Waals surface area contributed by atoms with Crippen molar-refractivity contribution >= 4 is 23.0 Å². The van der Waals surface area contributed by atoms with Crippen LogP contribution in [0, 0.1) is 10.1 Å². The van der Waals surface area contributed by atoms with Crippen LogP contribution in [0.5, 0.6) is 0 Å². The zero-order chi connectivity index (χ0) is 14.6. The second-order valence-electron chi connectivity index (χ2n) is 5.13. The molecular weight excluding hydrogens is 268 g/mol. The Morgan fingerprint density at radius 2 is 2.16 bits per heavy atom. The van der Waals surface area contributed by atoms with Crippen LogP contribution < -0.4 is 5.32 Å². The van der Waals surface area contributed by atoms with E-state index in [-0.39, 0.29) is 17.3 Å². The molecule has 0 heterocycles. The smallest absolute Gasteiger partial charge is 0.292 e. The van der Waals surface area contributed by atoms with E-state index in [1.807, 2.05) is 20.8 Å². The summed E-state index contributed by atoms with van der Waals surface area (Å²) >= 11 is 5.88. The average Bonchev–Trinajstić information content (AvgIpc) is 2.27. The number of rotatable bonds is 6. The molecule has 0 spiro atoms. The van der Waals surface area contributed by atoms with Gasteiger partial charge < -0.3 is 10.1 Å². The minimum Gasteiger partial charge on any atom is -0.379 e. The van der Waals surface area contributed by atoms with Gasteiger partial charge in [-0.3, -0.25) is 10.1 Å². The first-order valence-corrected chi connectivity index (χ1v) is 6.38. The highest BCUT2D eigenvalue weighted by atomic mass is 35.5. The molecule has 0 bridgehead atoms. The van der Waals surface area contributed by atoms with Crippen LogP contribution in [0.15, 0.2) is 18.2 Å². The zero-order valence-electron chi connectivity index (χ0n) is 11.6. The summed E-state index contributed by atoms with van der Waals surface area (Å²) in [4.78, 5) is 10.5. The fourth-order valence-corrected chi connectivity index (χ4v) is 2.09. The highest BCUT2D eigenvalue weighted by Crippen LogP contribution is 2.29. The standard InChI is InChI=1S/C13H19ClN2O3/c1-9(8-13(2,3)19-4)15-11-7-10(14)5-6-12(11)16(17)18/h5-7,9,15H,8H2,1-4H3. The largest absolute Gasteiger partial charge is 0.379 e. The van der Waals surface area contributed by atoms with Crippen LogP contribution in [0.3, 0.4) is 0 Å². The van der Waals surface area contributed by atoms with Gasteiger partial charge in [0.2, 0.25) is 0 Å². The second-order valence-corrected chi connectivity index (χ2v) is 5.57. The van der Waals surface area contributed by atoms with Crippen LogP contribution in [0.1, 0.15) is 27.2 Å². The molecule has 0 aliphatic heterocycles. The van der Waals surface area contributed by atoms with E-state index in [4.69, 9.17) is 16.3 Å². The van der Waals surface area contributed by atoms with E-state index in [0.29, 0.717) is 17.1 Å². The Kier molecular flexibility index (Phi) is 5.14. The van der Waals surface area contributed by atoms with E-state index < -0.39 is 4.92 Å².